The van der Waals surface area contributed by atoms with Gasteiger partial charge >= 0.3 is 0 Å². The fourth-order valence-electron chi connectivity index (χ4n) is 1.51. The zero-order valence-corrected chi connectivity index (χ0v) is 10.2. The number of pyridine rings is 1. The number of thiazole rings is 1. The van der Waals surface area contributed by atoms with Crippen molar-refractivity contribution < 1.29 is 4.39 Å². The molecule has 4 nitrogen and oxygen atoms in total. The number of aryl methyl sites for hydroxylation is 1. The Labute approximate surface area is 103 Å². The molecule has 1 atom stereocenters. The van der Waals surface area contributed by atoms with E-state index in [1.54, 1.807) is 17.4 Å². The van der Waals surface area contributed by atoms with Gasteiger partial charge in [-0.15, -0.1) is 11.3 Å². The molecule has 0 amide bonds. The number of hydrogen-bond acceptors (Lipinski definition) is 5. The molecule has 90 valence electrons. The van der Waals surface area contributed by atoms with Crippen LogP contribution in [-0.2, 0) is 6.42 Å². The van der Waals surface area contributed by atoms with Crippen LogP contribution in [-0.4, -0.2) is 9.97 Å². The van der Waals surface area contributed by atoms with E-state index in [2.05, 4.69) is 15.4 Å². The Balaban J connectivity index is 2.13. The van der Waals surface area contributed by atoms with Gasteiger partial charge in [0.05, 0.1) is 22.9 Å². The predicted octanol–water partition coefficient (Wildman–Crippen LogP) is 1.73. The summed E-state index contributed by atoms with van der Waals surface area (Å²) in [4.78, 5) is 8.37. The monoisotopic (exact) mass is 252 g/mol. The highest BCUT2D eigenvalue weighted by Gasteiger charge is 2.13. The van der Waals surface area contributed by atoms with Gasteiger partial charge in [0.15, 0.2) is 0 Å². The molecule has 0 aliphatic rings. The molecule has 0 aliphatic carbocycles. The number of hydrazine groups is 1. The standard InChI is InChI=1S/C11H13FN4S/c1-7-6-17-11(15-7)4-10(16-13)9-3-2-8(12)5-14-9/h2-3,5-6,10,16H,4,13H2,1H3. The molecule has 2 aromatic heterocycles. The average Bonchev–Trinajstić information content (AvgIpc) is 2.73. The van der Waals surface area contributed by atoms with E-state index in [0.717, 1.165) is 10.7 Å². The van der Waals surface area contributed by atoms with E-state index in [0.29, 0.717) is 12.1 Å². The molecule has 0 saturated heterocycles. The zero-order valence-electron chi connectivity index (χ0n) is 9.35. The van der Waals surface area contributed by atoms with Gasteiger partial charge in [0.25, 0.3) is 0 Å². The van der Waals surface area contributed by atoms with Crippen LogP contribution in [0, 0.1) is 12.7 Å². The third kappa shape index (κ3) is 3.06. The molecule has 2 rings (SSSR count). The van der Waals surface area contributed by atoms with Crippen LogP contribution < -0.4 is 11.3 Å². The van der Waals surface area contributed by atoms with Crippen molar-refractivity contribution in [3.05, 3.63) is 45.9 Å². The lowest BCUT2D eigenvalue weighted by Gasteiger charge is -2.13. The number of rotatable bonds is 4. The van der Waals surface area contributed by atoms with Crippen LogP contribution in [0.5, 0.6) is 0 Å². The van der Waals surface area contributed by atoms with Gasteiger partial charge in [-0.25, -0.2) is 9.37 Å². The highest BCUT2D eigenvalue weighted by Crippen LogP contribution is 2.18. The lowest BCUT2D eigenvalue weighted by Crippen LogP contribution is -2.30. The molecular weight excluding hydrogens is 239 g/mol. The van der Waals surface area contributed by atoms with Crippen molar-refractivity contribution in [3.8, 4) is 0 Å². The molecule has 0 aliphatic heterocycles. The highest BCUT2D eigenvalue weighted by molar-refractivity contribution is 7.09. The molecule has 0 spiro atoms. The highest BCUT2D eigenvalue weighted by atomic mass is 32.1. The molecule has 3 N–H and O–H groups in total. The Morgan fingerprint density at radius 2 is 2.35 bits per heavy atom. The quantitative estimate of drug-likeness (QED) is 0.642. The first-order valence-corrected chi connectivity index (χ1v) is 6.05. The Bertz CT molecular complexity index is 482. The molecule has 6 heteroatoms. The van der Waals surface area contributed by atoms with E-state index in [1.165, 1.54) is 12.3 Å². The van der Waals surface area contributed by atoms with Crippen LogP contribution in [0.3, 0.4) is 0 Å². The summed E-state index contributed by atoms with van der Waals surface area (Å²) in [5.74, 6) is 5.14. The maximum absolute atomic E-state index is 12.8. The van der Waals surface area contributed by atoms with Crippen LogP contribution >= 0.6 is 11.3 Å². The van der Waals surface area contributed by atoms with Gasteiger partial charge < -0.3 is 0 Å². The van der Waals surface area contributed by atoms with E-state index in [9.17, 15) is 4.39 Å². The van der Waals surface area contributed by atoms with Gasteiger partial charge in [0.2, 0.25) is 0 Å². The van der Waals surface area contributed by atoms with Crippen LogP contribution in [0.15, 0.2) is 23.7 Å². The molecule has 0 aromatic carbocycles. The van der Waals surface area contributed by atoms with Crippen molar-refractivity contribution >= 4 is 11.3 Å². The first-order chi connectivity index (χ1) is 8.19. The minimum absolute atomic E-state index is 0.152. The van der Waals surface area contributed by atoms with Gasteiger partial charge in [0.1, 0.15) is 5.82 Å². The molecule has 1 unspecified atom stereocenters. The van der Waals surface area contributed by atoms with E-state index in [1.807, 2.05) is 12.3 Å². The second kappa shape index (κ2) is 5.31. The topological polar surface area (TPSA) is 63.8 Å². The van der Waals surface area contributed by atoms with Crippen LogP contribution in [0.25, 0.3) is 0 Å². The lowest BCUT2D eigenvalue weighted by molar-refractivity contribution is 0.532. The molecule has 17 heavy (non-hydrogen) atoms. The van der Waals surface area contributed by atoms with Crippen molar-refractivity contribution in [3.63, 3.8) is 0 Å². The Morgan fingerprint density at radius 1 is 1.53 bits per heavy atom. The summed E-state index contributed by atoms with van der Waals surface area (Å²) in [6, 6.07) is 2.85. The van der Waals surface area contributed by atoms with Crippen LogP contribution in [0.2, 0.25) is 0 Å². The first kappa shape index (κ1) is 12.1. The van der Waals surface area contributed by atoms with Gasteiger partial charge in [-0.2, -0.15) is 0 Å². The SMILES string of the molecule is Cc1csc(CC(NN)c2ccc(F)cn2)n1. The maximum Gasteiger partial charge on any atom is 0.141 e. The van der Waals surface area contributed by atoms with E-state index < -0.39 is 0 Å². The van der Waals surface area contributed by atoms with Crippen molar-refractivity contribution in [1.82, 2.24) is 15.4 Å². The minimum atomic E-state index is -0.352. The summed E-state index contributed by atoms with van der Waals surface area (Å²) in [7, 11) is 0. The molecule has 0 saturated carbocycles. The third-order valence-corrected chi connectivity index (χ3v) is 3.34. The Hall–Kier alpha value is -1.37. The summed E-state index contributed by atoms with van der Waals surface area (Å²) >= 11 is 1.58. The number of halogens is 1. The van der Waals surface area contributed by atoms with Crippen molar-refractivity contribution in [2.75, 3.05) is 0 Å². The zero-order chi connectivity index (χ0) is 12.3. The largest absolute Gasteiger partial charge is 0.271 e. The normalized spacial score (nSPS) is 12.6. The molecule has 0 radical (unpaired) electrons. The Kier molecular flexibility index (Phi) is 3.78. The molecular formula is C11H13FN4S. The van der Waals surface area contributed by atoms with Gasteiger partial charge in [-0.3, -0.25) is 16.3 Å². The molecule has 0 bridgehead atoms. The van der Waals surface area contributed by atoms with Gasteiger partial charge in [-0.1, -0.05) is 0 Å². The van der Waals surface area contributed by atoms with Crippen molar-refractivity contribution in [1.29, 1.82) is 0 Å². The summed E-state index contributed by atoms with van der Waals surface area (Å²) in [5.41, 5.74) is 4.38. The van der Waals surface area contributed by atoms with Crippen LogP contribution in [0.4, 0.5) is 4.39 Å². The summed E-state index contributed by atoms with van der Waals surface area (Å²) in [6.45, 7) is 1.95. The van der Waals surface area contributed by atoms with E-state index in [-0.39, 0.29) is 11.9 Å². The average molecular weight is 252 g/mol. The Morgan fingerprint density at radius 3 is 2.88 bits per heavy atom. The fraction of sp³-hybridized carbons (Fsp3) is 0.273. The van der Waals surface area contributed by atoms with Gasteiger partial charge in [-0.05, 0) is 19.1 Å². The summed E-state index contributed by atoms with van der Waals surface area (Å²) in [6.07, 6.45) is 1.83. The number of nitrogens with zero attached hydrogens (tertiary/aromatic N) is 2. The second-order valence-electron chi connectivity index (χ2n) is 3.71. The summed E-state index contributed by atoms with van der Waals surface area (Å²) in [5, 5.41) is 2.97. The molecule has 0 fully saturated rings. The fourth-order valence-corrected chi connectivity index (χ4v) is 2.33. The van der Waals surface area contributed by atoms with Crippen LogP contribution in [0.1, 0.15) is 22.4 Å². The lowest BCUT2D eigenvalue weighted by atomic mass is 10.1. The third-order valence-electron chi connectivity index (χ3n) is 2.35. The molecule has 2 aromatic rings. The summed E-state index contributed by atoms with van der Waals surface area (Å²) < 4.78 is 12.8. The number of nitrogens with one attached hydrogen (secondary N) is 1. The predicted molar refractivity (Wildman–Crippen MR) is 64.8 cm³/mol. The number of aromatic nitrogens is 2. The van der Waals surface area contributed by atoms with Gasteiger partial charge in [0, 0.05) is 17.5 Å². The van der Waals surface area contributed by atoms with E-state index in [4.69, 9.17) is 5.84 Å². The molecule has 2 heterocycles. The smallest absolute Gasteiger partial charge is 0.141 e. The van der Waals surface area contributed by atoms with Crippen molar-refractivity contribution in [2.45, 2.75) is 19.4 Å². The first-order valence-electron chi connectivity index (χ1n) is 5.17. The maximum atomic E-state index is 12.8. The number of hydrogen-bond donors (Lipinski definition) is 2. The van der Waals surface area contributed by atoms with E-state index >= 15 is 0 Å². The minimum Gasteiger partial charge on any atom is -0.271 e. The second-order valence-corrected chi connectivity index (χ2v) is 4.65. The van der Waals surface area contributed by atoms with Crippen molar-refractivity contribution in [2.24, 2.45) is 5.84 Å². The number of nitrogens with two attached hydrogens (primary N) is 1.